The maximum atomic E-state index is 12.3. The van der Waals surface area contributed by atoms with Crippen LogP contribution in [0.2, 0.25) is 0 Å². The maximum absolute atomic E-state index is 12.3. The zero-order valence-electron chi connectivity index (χ0n) is 12.0. The number of rotatable bonds is 5. The molecule has 0 saturated carbocycles. The third-order valence-electron chi connectivity index (χ3n) is 3.12. The second-order valence-corrected chi connectivity index (χ2v) is 4.75. The van der Waals surface area contributed by atoms with Gasteiger partial charge in [0.1, 0.15) is 0 Å². The highest BCUT2D eigenvalue weighted by molar-refractivity contribution is 5.82. The number of carbonyl (C=O) groups is 1. The van der Waals surface area contributed by atoms with E-state index in [4.69, 9.17) is 4.52 Å². The molecular formula is C14H14F3N3O3. The summed E-state index contributed by atoms with van der Waals surface area (Å²) in [5.41, 5.74) is 0.627. The number of amides is 1. The normalized spacial score (nSPS) is 14.3. The predicted molar refractivity (Wildman–Crippen MR) is 73.0 cm³/mol. The van der Waals surface area contributed by atoms with Crippen LogP contribution in [0, 0.1) is 0 Å². The molecule has 0 fully saturated rings. The van der Waals surface area contributed by atoms with Crippen molar-refractivity contribution >= 4 is 5.91 Å². The fraction of sp³-hybridized carbons (Fsp3) is 0.357. The predicted octanol–water partition coefficient (Wildman–Crippen LogP) is 2.23. The standard InChI is InChI=1S/C14H14F3N3O3/c1-2-9(18-13(22)14(15,16)17)10(21)12-19-11(20-23-12)8-6-4-3-5-7-8/h3-7,9-10,21H,2H2,1H3,(H,18,22)/t9-,10?/m0/s1. The van der Waals surface area contributed by atoms with Gasteiger partial charge in [-0.25, -0.2) is 0 Å². The van der Waals surface area contributed by atoms with Crippen molar-refractivity contribution in [3.05, 3.63) is 36.2 Å². The van der Waals surface area contributed by atoms with Crippen molar-refractivity contribution in [1.29, 1.82) is 0 Å². The average Bonchev–Trinajstić information content (AvgIpc) is 3.01. The molecule has 2 rings (SSSR count). The SMILES string of the molecule is CC[C@H](NC(=O)C(F)(F)F)C(O)c1nc(-c2ccccc2)no1. The first-order valence-corrected chi connectivity index (χ1v) is 6.77. The summed E-state index contributed by atoms with van der Waals surface area (Å²) >= 11 is 0. The molecule has 23 heavy (non-hydrogen) atoms. The molecule has 1 aromatic carbocycles. The van der Waals surface area contributed by atoms with Crippen LogP contribution in [0.4, 0.5) is 13.2 Å². The topological polar surface area (TPSA) is 88.2 Å². The van der Waals surface area contributed by atoms with Crippen molar-refractivity contribution in [3.63, 3.8) is 0 Å². The Bertz CT molecular complexity index is 658. The Labute approximate surface area is 129 Å². The van der Waals surface area contributed by atoms with Crippen molar-refractivity contribution in [2.75, 3.05) is 0 Å². The largest absolute Gasteiger partial charge is 0.471 e. The molecule has 0 aliphatic carbocycles. The molecule has 0 radical (unpaired) electrons. The Balaban J connectivity index is 2.14. The van der Waals surface area contributed by atoms with Gasteiger partial charge in [0.25, 0.3) is 5.89 Å². The van der Waals surface area contributed by atoms with Crippen LogP contribution >= 0.6 is 0 Å². The fourth-order valence-electron chi connectivity index (χ4n) is 1.89. The lowest BCUT2D eigenvalue weighted by Crippen LogP contribution is -2.45. The molecular weight excluding hydrogens is 315 g/mol. The molecule has 1 heterocycles. The molecule has 2 aromatic rings. The fourth-order valence-corrected chi connectivity index (χ4v) is 1.89. The van der Waals surface area contributed by atoms with Gasteiger partial charge in [0, 0.05) is 5.56 Å². The Morgan fingerprint density at radius 3 is 2.57 bits per heavy atom. The number of halogens is 3. The number of aliphatic hydroxyl groups excluding tert-OH is 1. The summed E-state index contributed by atoms with van der Waals surface area (Å²) in [6, 6.07) is 7.51. The van der Waals surface area contributed by atoms with Crippen LogP contribution in [0.3, 0.4) is 0 Å². The van der Waals surface area contributed by atoms with Gasteiger partial charge in [-0.1, -0.05) is 42.4 Å². The number of hydrogen-bond donors (Lipinski definition) is 2. The van der Waals surface area contributed by atoms with Crippen LogP contribution in [-0.2, 0) is 4.79 Å². The van der Waals surface area contributed by atoms with E-state index in [-0.39, 0.29) is 18.1 Å². The van der Waals surface area contributed by atoms with E-state index in [2.05, 4.69) is 10.1 Å². The molecule has 0 aliphatic rings. The highest BCUT2D eigenvalue weighted by Crippen LogP contribution is 2.23. The lowest BCUT2D eigenvalue weighted by atomic mass is 10.1. The van der Waals surface area contributed by atoms with Gasteiger partial charge >= 0.3 is 12.1 Å². The van der Waals surface area contributed by atoms with Gasteiger partial charge in [-0.05, 0) is 6.42 Å². The smallest absolute Gasteiger partial charge is 0.381 e. The number of hydrogen-bond acceptors (Lipinski definition) is 5. The Hall–Kier alpha value is -2.42. The molecule has 9 heteroatoms. The summed E-state index contributed by atoms with van der Waals surface area (Å²) in [5.74, 6) is -2.21. The molecule has 2 atom stereocenters. The van der Waals surface area contributed by atoms with Crippen LogP contribution in [-0.4, -0.2) is 33.4 Å². The zero-order valence-corrected chi connectivity index (χ0v) is 12.0. The van der Waals surface area contributed by atoms with Crippen LogP contribution in [0.5, 0.6) is 0 Å². The molecule has 2 N–H and O–H groups in total. The van der Waals surface area contributed by atoms with E-state index in [1.54, 1.807) is 35.6 Å². The summed E-state index contributed by atoms with van der Waals surface area (Å²) < 4.78 is 41.8. The molecule has 6 nitrogen and oxygen atoms in total. The Morgan fingerprint density at radius 1 is 1.35 bits per heavy atom. The quantitative estimate of drug-likeness (QED) is 0.878. The lowest BCUT2D eigenvalue weighted by Gasteiger charge is -2.20. The monoisotopic (exact) mass is 329 g/mol. The Kier molecular flexibility index (Phi) is 4.99. The van der Waals surface area contributed by atoms with E-state index in [1.807, 2.05) is 0 Å². The number of carbonyl (C=O) groups excluding carboxylic acids is 1. The number of alkyl halides is 3. The van der Waals surface area contributed by atoms with Crippen LogP contribution in [0.15, 0.2) is 34.9 Å². The zero-order chi connectivity index (χ0) is 17.0. The first-order chi connectivity index (χ1) is 10.8. The molecule has 0 aliphatic heterocycles. The number of aliphatic hydroxyl groups is 1. The van der Waals surface area contributed by atoms with Crippen LogP contribution in [0.25, 0.3) is 11.4 Å². The van der Waals surface area contributed by atoms with Gasteiger partial charge in [0.15, 0.2) is 6.10 Å². The molecule has 0 spiro atoms. The third-order valence-corrected chi connectivity index (χ3v) is 3.12. The minimum absolute atomic E-state index is 0.0477. The Morgan fingerprint density at radius 2 is 2.00 bits per heavy atom. The van der Waals surface area contributed by atoms with E-state index in [0.717, 1.165) is 0 Å². The first-order valence-electron chi connectivity index (χ1n) is 6.77. The molecule has 124 valence electrons. The van der Waals surface area contributed by atoms with Gasteiger partial charge < -0.3 is 14.9 Å². The molecule has 0 saturated heterocycles. The molecule has 0 bridgehead atoms. The summed E-state index contributed by atoms with van der Waals surface area (Å²) in [5, 5.41) is 15.5. The second kappa shape index (κ2) is 6.78. The van der Waals surface area contributed by atoms with Gasteiger partial charge in [-0.15, -0.1) is 0 Å². The summed E-state index contributed by atoms with van der Waals surface area (Å²) in [6.45, 7) is 1.51. The summed E-state index contributed by atoms with van der Waals surface area (Å²) in [7, 11) is 0. The van der Waals surface area contributed by atoms with Crippen molar-refractivity contribution in [2.45, 2.75) is 31.7 Å². The molecule has 1 amide bonds. The minimum Gasteiger partial charge on any atom is -0.381 e. The lowest BCUT2D eigenvalue weighted by molar-refractivity contribution is -0.175. The minimum atomic E-state index is -5.03. The van der Waals surface area contributed by atoms with E-state index < -0.39 is 24.2 Å². The number of benzene rings is 1. The van der Waals surface area contributed by atoms with Crippen molar-refractivity contribution < 1.29 is 27.6 Å². The number of nitrogens with one attached hydrogen (secondary N) is 1. The van der Waals surface area contributed by atoms with Crippen LogP contribution in [0.1, 0.15) is 25.3 Å². The van der Waals surface area contributed by atoms with Crippen molar-refractivity contribution in [3.8, 4) is 11.4 Å². The molecule has 1 aromatic heterocycles. The van der Waals surface area contributed by atoms with Gasteiger partial charge in [0.2, 0.25) is 5.82 Å². The van der Waals surface area contributed by atoms with Crippen molar-refractivity contribution in [1.82, 2.24) is 15.5 Å². The van der Waals surface area contributed by atoms with Gasteiger partial charge in [-0.2, -0.15) is 18.2 Å². The maximum Gasteiger partial charge on any atom is 0.471 e. The van der Waals surface area contributed by atoms with E-state index >= 15 is 0 Å². The summed E-state index contributed by atoms with van der Waals surface area (Å²) in [4.78, 5) is 14.9. The van der Waals surface area contributed by atoms with E-state index in [9.17, 15) is 23.1 Å². The summed E-state index contributed by atoms with van der Waals surface area (Å²) in [6.07, 6.45) is -6.53. The van der Waals surface area contributed by atoms with Gasteiger partial charge in [0.05, 0.1) is 6.04 Å². The highest BCUT2D eigenvalue weighted by Gasteiger charge is 2.41. The number of aromatic nitrogens is 2. The first kappa shape index (κ1) is 16.9. The second-order valence-electron chi connectivity index (χ2n) is 4.75. The van der Waals surface area contributed by atoms with E-state index in [0.29, 0.717) is 5.56 Å². The average molecular weight is 329 g/mol. The molecule has 1 unspecified atom stereocenters. The highest BCUT2D eigenvalue weighted by atomic mass is 19.4. The van der Waals surface area contributed by atoms with Gasteiger partial charge in [-0.3, -0.25) is 4.79 Å². The van der Waals surface area contributed by atoms with E-state index in [1.165, 1.54) is 6.92 Å². The third kappa shape index (κ3) is 4.07. The van der Waals surface area contributed by atoms with Crippen LogP contribution < -0.4 is 5.32 Å². The number of nitrogens with zero attached hydrogens (tertiary/aromatic N) is 2. The van der Waals surface area contributed by atoms with Crippen molar-refractivity contribution in [2.24, 2.45) is 0 Å².